The molecule has 3 amide bonds. The molecule has 0 saturated carbocycles. The summed E-state index contributed by atoms with van der Waals surface area (Å²) in [5, 5.41) is 5.23. The fraction of sp³-hybridized carbons (Fsp3) is 0.571. The molecular formula is C7H13N3O2S. The van der Waals surface area contributed by atoms with E-state index in [2.05, 4.69) is 15.6 Å². The fourth-order valence-corrected chi connectivity index (χ4v) is 0.978. The van der Waals surface area contributed by atoms with Gasteiger partial charge in [0, 0.05) is 13.5 Å². The van der Waals surface area contributed by atoms with Crippen molar-refractivity contribution in [1.82, 2.24) is 10.6 Å². The highest BCUT2D eigenvalue weighted by Gasteiger charge is 2.02. The summed E-state index contributed by atoms with van der Waals surface area (Å²) >= 11 is 1.21. The number of carbonyl (C=O) groups is 2. The summed E-state index contributed by atoms with van der Waals surface area (Å²) < 4.78 is 0. The number of rotatable bonds is 1. The van der Waals surface area contributed by atoms with Gasteiger partial charge in [0.15, 0.2) is 5.17 Å². The van der Waals surface area contributed by atoms with E-state index in [1.165, 1.54) is 18.7 Å². The number of amides is 3. The molecule has 0 radical (unpaired) electrons. The van der Waals surface area contributed by atoms with E-state index in [0.717, 1.165) is 0 Å². The Balaban J connectivity index is 4.20. The van der Waals surface area contributed by atoms with Gasteiger partial charge in [-0.15, -0.1) is 0 Å². The van der Waals surface area contributed by atoms with Crippen LogP contribution >= 0.6 is 11.8 Å². The number of thioether (sulfide) groups is 1. The maximum atomic E-state index is 10.9. The van der Waals surface area contributed by atoms with Gasteiger partial charge < -0.3 is 10.6 Å². The van der Waals surface area contributed by atoms with Crippen molar-refractivity contribution in [3.8, 4) is 0 Å². The van der Waals surface area contributed by atoms with Crippen molar-refractivity contribution in [1.29, 1.82) is 0 Å². The van der Waals surface area contributed by atoms with Crippen LogP contribution in [0.15, 0.2) is 4.99 Å². The summed E-state index contributed by atoms with van der Waals surface area (Å²) in [6.45, 7) is 3.68. The number of carbonyl (C=O) groups excluding carboxylic acids is 2. The lowest BCUT2D eigenvalue weighted by molar-refractivity contribution is -0.117. The van der Waals surface area contributed by atoms with Gasteiger partial charge in [0.1, 0.15) is 0 Å². The van der Waals surface area contributed by atoms with E-state index in [4.69, 9.17) is 0 Å². The topological polar surface area (TPSA) is 70.6 Å². The average molecular weight is 203 g/mol. The summed E-state index contributed by atoms with van der Waals surface area (Å²) in [6.07, 6.45) is 1.73. The van der Waals surface area contributed by atoms with E-state index in [1.54, 1.807) is 13.2 Å². The van der Waals surface area contributed by atoms with Crippen molar-refractivity contribution in [2.45, 2.75) is 13.8 Å². The maximum absolute atomic E-state index is 10.9. The summed E-state index contributed by atoms with van der Waals surface area (Å²) in [5.41, 5.74) is 0. The smallest absolute Gasteiger partial charge is 0.336 e. The lowest BCUT2D eigenvalue weighted by Gasteiger charge is -2.02. The van der Waals surface area contributed by atoms with E-state index < -0.39 is 6.03 Å². The number of nitrogens with one attached hydrogen (secondary N) is 2. The summed E-state index contributed by atoms with van der Waals surface area (Å²) in [5.74, 6) is -0.239. The largest absolute Gasteiger partial charge is 0.343 e. The molecule has 5 nitrogen and oxygen atoms in total. The molecule has 0 bridgehead atoms. The second-order valence-electron chi connectivity index (χ2n) is 2.14. The third kappa shape index (κ3) is 6.15. The molecule has 0 aromatic carbocycles. The first-order chi connectivity index (χ1) is 6.10. The molecule has 6 heteroatoms. The lowest BCUT2D eigenvalue weighted by Crippen LogP contribution is -2.28. The molecule has 13 heavy (non-hydrogen) atoms. The summed E-state index contributed by atoms with van der Waals surface area (Å²) in [7, 11) is 0. The van der Waals surface area contributed by atoms with E-state index >= 15 is 0 Å². The first-order valence-electron chi connectivity index (χ1n) is 3.78. The highest BCUT2D eigenvalue weighted by molar-refractivity contribution is 8.13. The molecule has 0 atom stereocenters. The third-order valence-electron chi connectivity index (χ3n) is 1.01. The molecule has 0 fully saturated rings. The van der Waals surface area contributed by atoms with Gasteiger partial charge in [-0.05, 0) is 13.2 Å². The minimum Gasteiger partial charge on any atom is -0.336 e. The van der Waals surface area contributed by atoms with Gasteiger partial charge in [0.2, 0.25) is 5.91 Å². The third-order valence-corrected chi connectivity index (χ3v) is 1.59. The Morgan fingerprint density at radius 3 is 2.46 bits per heavy atom. The van der Waals surface area contributed by atoms with Crippen LogP contribution in [0.2, 0.25) is 0 Å². The van der Waals surface area contributed by atoms with Crippen molar-refractivity contribution in [3.05, 3.63) is 0 Å². The van der Waals surface area contributed by atoms with Crippen LogP contribution in [0.25, 0.3) is 0 Å². The minimum absolute atomic E-state index is 0.239. The van der Waals surface area contributed by atoms with E-state index in [-0.39, 0.29) is 5.91 Å². The maximum Gasteiger partial charge on any atom is 0.343 e. The van der Waals surface area contributed by atoms with Crippen LogP contribution < -0.4 is 10.6 Å². The predicted molar refractivity (Wildman–Crippen MR) is 53.8 cm³/mol. The molecule has 0 saturated heterocycles. The van der Waals surface area contributed by atoms with Crippen LogP contribution in [0.3, 0.4) is 0 Å². The van der Waals surface area contributed by atoms with Crippen LogP contribution in [-0.2, 0) is 4.79 Å². The van der Waals surface area contributed by atoms with E-state index in [0.29, 0.717) is 11.7 Å². The monoisotopic (exact) mass is 203 g/mol. The number of aliphatic imine (C=N–C) groups is 1. The Bertz CT molecular complexity index is 228. The quantitative estimate of drug-likeness (QED) is 0.483. The first kappa shape index (κ1) is 12.0. The lowest BCUT2D eigenvalue weighted by atomic mass is 10.7. The molecule has 0 aromatic heterocycles. The van der Waals surface area contributed by atoms with Gasteiger partial charge >= 0.3 is 6.03 Å². The molecule has 0 aromatic rings. The Hall–Kier alpha value is -1.04. The van der Waals surface area contributed by atoms with Gasteiger partial charge in [-0.3, -0.25) is 4.79 Å². The molecular weight excluding hydrogens is 190 g/mol. The molecule has 0 rings (SSSR count). The zero-order chi connectivity index (χ0) is 10.3. The van der Waals surface area contributed by atoms with Crippen LogP contribution in [0.5, 0.6) is 0 Å². The molecule has 0 aliphatic carbocycles. The van der Waals surface area contributed by atoms with Gasteiger partial charge in [-0.25, -0.2) is 4.79 Å². The van der Waals surface area contributed by atoms with Crippen LogP contribution in [0.4, 0.5) is 4.79 Å². The summed E-state index contributed by atoms with van der Waals surface area (Å²) in [6, 6.07) is -0.444. The normalized spacial score (nSPS) is 10.8. The molecule has 0 aliphatic heterocycles. The van der Waals surface area contributed by atoms with Crippen molar-refractivity contribution in [2.75, 3.05) is 12.8 Å². The highest BCUT2D eigenvalue weighted by Crippen LogP contribution is 1.94. The highest BCUT2D eigenvalue weighted by atomic mass is 32.2. The Morgan fingerprint density at radius 2 is 2.08 bits per heavy atom. The molecule has 0 spiro atoms. The standard InChI is InChI=1S/C7H13N3O2S/c1-4-8-6(12)10-7(13-3)9-5(2)11/h4H2,1-3H3,(H2,8,9,10,11,12). The zero-order valence-corrected chi connectivity index (χ0v) is 8.70. The Labute approximate surface area is 81.4 Å². The van der Waals surface area contributed by atoms with Crippen molar-refractivity contribution in [2.24, 2.45) is 4.99 Å². The fourth-order valence-electron chi connectivity index (χ4n) is 0.558. The zero-order valence-electron chi connectivity index (χ0n) is 7.88. The molecule has 0 aliphatic rings. The molecule has 0 heterocycles. The van der Waals surface area contributed by atoms with Gasteiger partial charge in [0.05, 0.1) is 0 Å². The number of urea groups is 1. The van der Waals surface area contributed by atoms with Gasteiger partial charge in [-0.2, -0.15) is 4.99 Å². The average Bonchev–Trinajstić information content (AvgIpc) is 2.02. The van der Waals surface area contributed by atoms with Crippen molar-refractivity contribution in [3.63, 3.8) is 0 Å². The van der Waals surface area contributed by atoms with Gasteiger partial charge in [-0.1, -0.05) is 11.8 Å². The SMILES string of the molecule is CCNC(=O)N=C(NC(C)=O)SC. The Morgan fingerprint density at radius 1 is 1.46 bits per heavy atom. The van der Waals surface area contributed by atoms with Crippen molar-refractivity contribution < 1.29 is 9.59 Å². The predicted octanol–water partition coefficient (Wildman–Crippen LogP) is 0.571. The van der Waals surface area contributed by atoms with Crippen molar-refractivity contribution >= 4 is 28.9 Å². The molecule has 2 N–H and O–H groups in total. The number of nitrogens with zero attached hydrogens (tertiary/aromatic N) is 1. The van der Waals surface area contributed by atoms with Gasteiger partial charge in [0.25, 0.3) is 0 Å². The number of hydrogen-bond acceptors (Lipinski definition) is 3. The molecule has 0 unspecified atom stereocenters. The minimum atomic E-state index is -0.444. The van der Waals surface area contributed by atoms with E-state index in [9.17, 15) is 9.59 Å². The second kappa shape index (κ2) is 6.47. The first-order valence-corrected chi connectivity index (χ1v) is 5.00. The van der Waals surface area contributed by atoms with Crippen LogP contribution in [-0.4, -0.2) is 29.9 Å². The second-order valence-corrected chi connectivity index (χ2v) is 2.93. The van der Waals surface area contributed by atoms with E-state index in [1.807, 2.05) is 0 Å². The molecule has 74 valence electrons. The van der Waals surface area contributed by atoms with Crippen LogP contribution in [0, 0.1) is 0 Å². The summed E-state index contributed by atoms with van der Waals surface area (Å²) in [4.78, 5) is 25.2. The van der Waals surface area contributed by atoms with Crippen LogP contribution in [0.1, 0.15) is 13.8 Å². The Kier molecular flexibility index (Phi) is 5.96. The number of hydrogen-bond donors (Lipinski definition) is 2. The number of amidine groups is 1.